The summed E-state index contributed by atoms with van der Waals surface area (Å²) in [6.45, 7) is 6.49. The van der Waals surface area contributed by atoms with Crippen LogP contribution in [0.4, 0.5) is 0 Å². The summed E-state index contributed by atoms with van der Waals surface area (Å²) in [5, 5.41) is 4.13. The molecule has 32 heavy (non-hydrogen) atoms. The van der Waals surface area contributed by atoms with Gasteiger partial charge < -0.3 is 23.8 Å². The van der Waals surface area contributed by atoms with Crippen LogP contribution in [0.25, 0.3) is 12.2 Å². The monoisotopic (exact) mass is 439 g/mol. The van der Waals surface area contributed by atoms with Crippen LogP contribution < -0.4 is 0 Å². The molecule has 0 N–H and O–H groups in total. The van der Waals surface area contributed by atoms with Crippen molar-refractivity contribution in [3.63, 3.8) is 0 Å². The molecule has 0 bridgehead atoms. The molecule has 0 unspecified atom stereocenters. The summed E-state index contributed by atoms with van der Waals surface area (Å²) in [6, 6.07) is 16.5. The van der Waals surface area contributed by atoms with Crippen LogP contribution >= 0.6 is 0 Å². The first-order valence-corrected chi connectivity index (χ1v) is 10.9. The molecule has 1 saturated heterocycles. The molecule has 172 valence electrons. The molecule has 3 rings (SSSR count). The summed E-state index contributed by atoms with van der Waals surface area (Å²) in [4.78, 5) is 5.65. The Morgan fingerprint density at radius 2 is 1.59 bits per heavy atom. The Morgan fingerprint density at radius 1 is 0.906 bits per heavy atom. The summed E-state index contributed by atoms with van der Waals surface area (Å²) in [5.41, 5.74) is 4.46. The molecular weight excluding hydrogens is 406 g/mol. The van der Waals surface area contributed by atoms with E-state index in [1.165, 1.54) is 11.1 Å². The Hall–Kier alpha value is -2.51. The highest BCUT2D eigenvalue weighted by Gasteiger charge is 2.47. The summed E-state index contributed by atoms with van der Waals surface area (Å²) in [6.07, 6.45) is 3.94. The van der Waals surface area contributed by atoms with E-state index in [0.717, 1.165) is 11.1 Å². The van der Waals surface area contributed by atoms with Crippen molar-refractivity contribution in [2.75, 3.05) is 20.8 Å². The van der Waals surface area contributed by atoms with Crippen LogP contribution in [0.2, 0.25) is 0 Å². The standard InChI is InChI=1S/C26H33NO5/c1-6-30-24-23(28-4)19(3)31-26(25(24)29-5)32-27-17-22-14-11-20(12-15-22)10-13-21-9-7-8-18(2)16-21/h7-17,19,23-26H,6H2,1-5H3/b13-10+,27-17+/t19-,23-,24+,25+,26-/m0/s1. The van der Waals surface area contributed by atoms with Gasteiger partial charge in [-0.15, -0.1) is 0 Å². The van der Waals surface area contributed by atoms with Crippen LogP contribution in [0, 0.1) is 6.92 Å². The van der Waals surface area contributed by atoms with Crippen molar-refractivity contribution in [2.45, 2.75) is 51.5 Å². The van der Waals surface area contributed by atoms with Crippen molar-refractivity contribution in [1.82, 2.24) is 0 Å². The first kappa shape index (κ1) is 24.1. The topological polar surface area (TPSA) is 58.5 Å². The van der Waals surface area contributed by atoms with Gasteiger partial charge in [0.15, 0.2) is 6.10 Å². The largest absolute Gasteiger partial charge is 0.376 e. The smallest absolute Gasteiger partial charge is 0.256 e. The normalized spacial score (nSPS) is 26.1. The Balaban J connectivity index is 1.61. The summed E-state index contributed by atoms with van der Waals surface area (Å²) >= 11 is 0. The number of hydrogen-bond donors (Lipinski definition) is 0. The van der Waals surface area contributed by atoms with Crippen LogP contribution in [0.15, 0.2) is 53.7 Å². The molecular formula is C26H33NO5. The molecule has 1 fully saturated rings. The van der Waals surface area contributed by atoms with Crippen LogP contribution in [0.3, 0.4) is 0 Å². The maximum atomic E-state index is 5.93. The minimum absolute atomic E-state index is 0.220. The maximum Gasteiger partial charge on any atom is 0.256 e. The molecule has 2 aromatic carbocycles. The van der Waals surface area contributed by atoms with Gasteiger partial charge in [-0.2, -0.15) is 0 Å². The van der Waals surface area contributed by atoms with Gasteiger partial charge in [0, 0.05) is 20.8 Å². The lowest BCUT2D eigenvalue weighted by molar-refractivity contribution is -0.308. The van der Waals surface area contributed by atoms with Gasteiger partial charge in [-0.3, -0.25) is 0 Å². The Labute approximate surface area is 190 Å². The second kappa shape index (κ2) is 11.9. The van der Waals surface area contributed by atoms with Crippen molar-refractivity contribution in [1.29, 1.82) is 0 Å². The van der Waals surface area contributed by atoms with Gasteiger partial charge in [-0.05, 0) is 37.5 Å². The van der Waals surface area contributed by atoms with Gasteiger partial charge >= 0.3 is 0 Å². The third kappa shape index (κ3) is 6.26. The van der Waals surface area contributed by atoms with Crippen LogP contribution in [-0.4, -0.2) is 57.7 Å². The minimum atomic E-state index is -0.689. The third-order valence-corrected chi connectivity index (χ3v) is 5.44. The molecule has 6 nitrogen and oxygen atoms in total. The van der Waals surface area contributed by atoms with Crippen molar-refractivity contribution >= 4 is 18.4 Å². The van der Waals surface area contributed by atoms with E-state index in [0.29, 0.717) is 6.61 Å². The summed E-state index contributed by atoms with van der Waals surface area (Å²) in [7, 11) is 3.24. The summed E-state index contributed by atoms with van der Waals surface area (Å²) < 4.78 is 23.0. The molecule has 0 aromatic heterocycles. The minimum Gasteiger partial charge on any atom is -0.376 e. The zero-order valence-electron chi connectivity index (χ0n) is 19.4. The predicted octanol–water partition coefficient (Wildman–Crippen LogP) is 4.70. The van der Waals surface area contributed by atoms with E-state index in [2.05, 4.69) is 48.5 Å². The van der Waals surface area contributed by atoms with Gasteiger partial charge in [0.2, 0.25) is 0 Å². The van der Waals surface area contributed by atoms with Gasteiger partial charge in [0.25, 0.3) is 6.29 Å². The maximum absolute atomic E-state index is 5.93. The number of hydrogen-bond acceptors (Lipinski definition) is 6. The van der Waals surface area contributed by atoms with Crippen LogP contribution in [-0.2, 0) is 23.8 Å². The molecule has 5 atom stereocenters. The van der Waals surface area contributed by atoms with Crippen molar-refractivity contribution < 1.29 is 23.8 Å². The number of methoxy groups -OCH3 is 2. The highest BCUT2D eigenvalue weighted by molar-refractivity contribution is 5.80. The first-order valence-electron chi connectivity index (χ1n) is 10.9. The van der Waals surface area contributed by atoms with Gasteiger partial charge in [0.1, 0.15) is 12.2 Å². The molecule has 1 aliphatic rings. The lowest BCUT2D eigenvalue weighted by Gasteiger charge is -2.42. The Morgan fingerprint density at radius 3 is 2.25 bits per heavy atom. The fourth-order valence-corrected chi connectivity index (χ4v) is 3.82. The van der Waals surface area contributed by atoms with E-state index in [4.69, 9.17) is 23.8 Å². The van der Waals surface area contributed by atoms with E-state index in [1.807, 2.05) is 38.1 Å². The lowest BCUT2D eigenvalue weighted by atomic mass is 9.99. The van der Waals surface area contributed by atoms with Gasteiger partial charge in [-0.1, -0.05) is 71.4 Å². The first-order chi connectivity index (χ1) is 15.5. The third-order valence-electron chi connectivity index (χ3n) is 5.44. The van der Waals surface area contributed by atoms with E-state index < -0.39 is 12.4 Å². The van der Waals surface area contributed by atoms with E-state index in [9.17, 15) is 0 Å². The Bertz CT molecular complexity index is 895. The number of nitrogens with zero attached hydrogens (tertiary/aromatic N) is 1. The second-order valence-electron chi connectivity index (χ2n) is 7.78. The van der Waals surface area contributed by atoms with E-state index in [1.54, 1.807) is 20.4 Å². The number of benzene rings is 2. The van der Waals surface area contributed by atoms with Crippen LogP contribution in [0.1, 0.15) is 36.1 Å². The van der Waals surface area contributed by atoms with Crippen LogP contribution in [0.5, 0.6) is 0 Å². The summed E-state index contributed by atoms with van der Waals surface area (Å²) in [5.74, 6) is 0. The molecule has 0 radical (unpaired) electrons. The lowest BCUT2D eigenvalue weighted by Crippen LogP contribution is -2.59. The molecule has 2 aromatic rings. The number of aryl methyl sites for hydroxylation is 1. The SMILES string of the molecule is CCO[C@@H]1[C@@H](OC)[C@H](C)O[C@@H](O/N=C/c2ccc(/C=C/c3cccc(C)c3)cc2)[C@@H]1OC. The van der Waals surface area contributed by atoms with Crippen molar-refractivity contribution in [3.05, 3.63) is 70.8 Å². The average Bonchev–Trinajstić information content (AvgIpc) is 2.79. The zero-order chi connectivity index (χ0) is 22.9. The second-order valence-corrected chi connectivity index (χ2v) is 7.78. The van der Waals surface area contributed by atoms with E-state index >= 15 is 0 Å². The number of oxime groups is 1. The Kier molecular flexibility index (Phi) is 9.00. The number of ether oxygens (including phenoxy) is 4. The fraction of sp³-hybridized carbons (Fsp3) is 0.423. The highest BCUT2D eigenvalue weighted by Crippen LogP contribution is 2.28. The molecule has 0 saturated carbocycles. The highest BCUT2D eigenvalue weighted by atomic mass is 16.8. The quantitative estimate of drug-likeness (QED) is 0.322. The van der Waals surface area contributed by atoms with Crippen molar-refractivity contribution in [2.24, 2.45) is 5.16 Å². The zero-order valence-corrected chi connectivity index (χ0v) is 19.4. The molecule has 0 aliphatic carbocycles. The van der Waals surface area contributed by atoms with Gasteiger partial charge in [-0.25, -0.2) is 0 Å². The van der Waals surface area contributed by atoms with Crippen molar-refractivity contribution in [3.8, 4) is 0 Å². The molecule has 6 heteroatoms. The van der Waals surface area contributed by atoms with E-state index in [-0.39, 0.29) is 18.3 Å². The molecule has 0 amide bonds. The predicted molar refractivity (Wildman–Crippen MR) is 127 cm³/mol. The molecule has 1 heterocycles. The van der Waals surface area contributed by atoms with Gasteiger partial charge in [0.05, 0.1) is 12.3 Å². The fourth-order valence-electron chi connectivity index (χ4n) is 3.82. The molecule has 1 aliphatic heterocycles. The number of rotatable bonds is 9. The average molecular weight is 440 g/mol. The molecule has 0 spiro atoms.